The van der Waals surface area contributed by atoms with Gasteiger partial charge in [-0.3, -0.25) is 19.7 Å². The number of nitrogens with zero attached hydrogens (tertiary/aromatic N) is 3. The molecule has 2 rings (SSSR count). The van der Waals surface area contributed by atoms with Crippen LogP contribution in [0.3, 0.4) is 0 Å². The van der Waals surface area contributed by atoms with Crippen molar-refractivity contribution >= 4 is 23.3 Å². The van der Waals surface area contributed by atoms with Gasteiger partial charge in [-0.25, -0.2) is 9.48 Å². The molecule has 27 heavy (non-hydrogen) atoms. The van der Waals surface area contributed by atoms with Crippen LogP contribution in [0.2, 0.25) is 0 Å². The third-order valence-corrected chi connectivity index (χ3v) is 3.95. The second-order valence-corrected chi connectivity index (χ2v) is 5.90. The summed E-state index contributed by atoms with van der Waals surface area (Å²) < 4.78 is 5.93. The third kappa shape index (κ3) is 4.35. The molecule has 0 radical (unpaired) electrons. The Balaban J connectivity index is 2.09. The van der Waals surface area contributed by atoms with Crippen LogP contribution in [0.5, 0.6) is 0 Å². The SMILES string of the molecule is Cc1ccc(NC(=O)COC(=O)c2c(C)c(C)nn(C)c2=O)cc1[N+](=O)[O-]. The van der Waals surface area contributed by atoms with Gasteiger partial charge in [0.2, 0.25) is 0 Å². The minimum atomic E-state index is -0.941. The van der Waals surface area contributed by atoms with E-state index in [0.717, 1.165) is 4.68 Å². The lowest BCUT2D eigenvalue weighted by Gasteiger charge is -2.10. The van der Waals surface area contributed by atoms with Crippen LogP contribution in [-0.2, 0) is 16.6 Å². The number of nitro groups is 1. The first-order valence-electron chi connectivity index (χ1n) is 7.88. The van der Waals surface area contributed by atoms with Crippen LogP contribution < -0.4 is 10.9 Å². The van der Waals surface area contributed by atoms with E-state index < -0.39 is 29.0 Å². The zero-order valence-corrected chi connectivity index (χ0v) is 15.2. The van der Waals surface area contributed by atoms with Crippen LogP contribution in [0.1, 0.15) is 27.2 Å². The van der Waals surface area contributed by atoms with E-state index in [2.05, 4.69) is 10.4 Å². The molecule has 1 aromatic heterocycles. The standard InChI is InChI=1S/C17H18N4O6/c1-9-5-6-12(7-13(9)21(25)26)18-14(22)8-27-17(24)15-10(2)11(3)19-20(4)16(15)23/h5-7H,8H2,1-4H3,(H,18,22). The zero-order chi connectivity index (χ0) is 20.3. The third-order valence-electron chi connectivity index (χ3n) is 3.95. The molecular weight excluding hydrogens is 356 g/mol. The monoisotopic (exact) mass is 374 g/mol. The summed E-state index contributed by atoms with van der Waals surface area (Å²) in [4.78, 5) is 46.6. The number of amides is 1. The van der Waals surface area contributed by atoms with Crippen molar-refractivity contribution in [3.63, 3.8) is 0 Å². The number of nitro benzene ring substituents is 1. The quantitative estimate of drug-likeness (QED) is 0.475. The number of esters is 1. The maximum Gasteiger partial charge on any atom is 0.344 e. The molecule has 0 fully saturated rings. The number of anilines is 1. The van der Waals surface area contributed by atoms with Crippen molar-refractivity contribution in [2.24, 2.45) is 7.05 Å². The molecule has 1 N–H and O–H groups in total. The van der Waals surface area contributed by atoms with E-state index >= 15 is 0 Å². The average molecular weight is 374 g/mol. The molecule has 0 bridgehead atoms. The highest BCUT2D eigenvalue weighted by Gasteiger charge is 2.20. The van der Waals surface area contributed by atoms with Gasteiger partial charge >= 0.3 is 5.97 Å². The highest BCUT2D eigenvalue weighted by atomic mass is 16.6. The molecule has 0 unspecified atom stereocenters. The molecular formula is C17H18N4O6. The number of aryl methyl sites for hydroxylation is 3. The summed E-state index contributed by atoms with van der Waals surface area (Å²) in [5, 5.41) is 17.3. The van der Waals surface area contributed by atoms with Gasteiger partial charge in [-0.15, -0.1) is 0 Å². The number of nitrogens with one attached hydrogen (secondary N) is 1. The first-order chi connectivity index (χ1) is 12.6. The summed E-state index contributed by atoms with van der Waals surface area (Å²) in [6, 6.07) is 4.20. The topological polar surface area (TPSA) is 133 Å². The van der Waals surface area contributed by atoms with Crippen LogP contribution >= 0.6 is 0 Å². The van der Waals surface area contributed by atoms with Crippen LogP contribution in [0.4, 0.5) is 11.4 Å². The van der Waals surface area contributed by atoms with Crippen LogP contribution in [-0.4, -0.2) is 33.2 Å². The van der Waals surface area contributed by atoms with Gasteiger partial charge in [-0.05, 0) is 32.4 Å². The van der Waals surface area contributed by atoms with Gasteiger partial charge in [0.05, 0.1) is 10.6 Å². The molecule has 0 saturated heterocycles. The van der Waals surface area contributed by atoms with Crippen LogP contribution in [0, 0.1) is 30.9 Å². The smallest absolute Gasteiger partial charge is 0.344 e. The molecule has 0 spiro atoms. The van der Waals surface area contributed by atoms with Gasteiger partial charge in [0.15, 0.2) is 6.61 Å². The molecule has 0 atom stereocenters. The Bertz CT molecular complexity index is 996. The molecule has 2 aromatic rings. The Morgan fingerprint density at radius 3 is 2.59 bits per heavy atom. The van der Waals surface area contributed by atoms with Crippen molar-refractivity contribution in [1.29, 1.82) is 0 Å². The van der Waals surface area contributed by atoms with E-state index in [1.165, 1.54) is 25.2 Å². The minimum absolute atomic E-state index is 0.142. The lowest BCUT2D eigenvalue weighted by Crippen LogP contribution is -2.31. The minimum Gasteiger partial charge on any atom is -0.452 e. The van der Waals surface area contributed by atoms with Crippen molar-refractivity contribution in [2.45, 2.75) is 20.8 Å². The van der Waals surface area contributed by atoms with Gasteiger partial charge in [-0.1, -0.05) is 6.07 Å². The fourth-order valence-corrected chi connectivity index (χ4v) is 2.37. The highest BCUT2D eigenvalue weighted by molar-refractivity contribution is 5.96. The summed E-state index contributed by atoms with van der Waals surface area (Å²) in [5.74, 6) is -1.63. The summed E-state index contributed by atoms with van der Waals surface area (Å²) in [6.45, 7) is 4.13. The molecule has 0 aliphatic rings. The Labute approximate surface area is 153 Å². The molecule has 1 amide bonds. The Kier molecular flexibility index (Phi) is 5.69. The summed E-state index contributed by atoms with van der Waals surface area (Å²) in [5.41, 5.74) is 0.541. The molecule has 0 aliphatic carbocycles. The number of aromatic nitrogens is 2. The molecule has 142 valence electrons. The normalized spacial score (nSPS) is 10.4. The molecule has 0 aliphatic heterocycles. The van der Waals surface area contributed by atoms with E-state index in [4.69, 9.17) is 4.74 Å². The van der Waals surface area contributed by atoms with Crippen molar-refractivity contribution in [1.82, 2.24) is 9.78 Å². The molecule has 1 heterocycles. The number of carbonyl (C=O) groups is 2. The van der Waals surface area contributed by atoms with E-state index in [1.54, 1.807) is 20.8 Å². The molecule has 10 heteroatoms. The molecule has 0 saturated carbocycles. The maximum absolute atomic E-state index is 12.2. The van der Waals surface area contributed by atoms with Gasteiger partial charge in [-0.2, -0.15) is 5.10 Å². The summed E-state index contributed by atoms with van der Waals surface area (Å²) in [6.07, 6.45) is 0. The van der Waals surface area contributed by atoms with E-state index in [1.807, 2.05) is 0 Å². The second kappa shape index (κ2) is 7.77. The van der Waals surface area contributed by atoms with E-state index in [9.17, 15) is 24.5 Å². The highest BCUT2D eigenvalue weighted by Crippen LogP contribution is 2.22. The number of benzene rings is 1. The number of ether oxygens (including phenoxy) is 1. The number of rotatable bonds is 5. The first kappa shape index (κ1) is 19.8. The fraction of sp³-hybridized carbons (Fsp3) is 0.294. The average Bonchev–Trinajstić information content (AvgIpc) is 2.60. The zero-order valence-electron chi connectivity index (χ0n) is 15.2. The molecule has 10 nitrogen and oxygen atoms in total. The largest absolute Gasteiger partial charge is 0.452 e. The lowest BCUT2D eigenvalue weighted by molar-refractivity contribution is -0.385. The Morgan fingerprint density at radius 2 is 1.96 bits per heavy atom. The Hall–Kier alpha value is -3.56. The predicted octanol–water partition coefficient (Wildman–Crippen LogP) is 1.41. The lowest BCUT2D eigenvalue weighted by atomic mass is 10.1. The maximum atomic E-state index is 12.2. The molecule has 1 aromatic carbocycles. The van der Waals surface area contributed by atoms with Crippen molar-refractivity contribution < 1.29 is 19.2 Å². The van der Waals surface area contributed by atoms with Crippen molar-refractivity contribution in [3.8, 4) is 0 Å². The van der Waals surface area contributed by atoms with Gasteiger partial charge in [0, 0.05) is 24.4 Å². The number of hydrogen-bond acceptors (Lipinski definition) is 7. The van der Waals surface area contributed by atoms with Crippen molar-refractivity contribution in [2.75, 3.05) is 11.9 Å². The summed E-state index contributed by atoms with van der Waals surface area (Å²) in [7, 11) is 1.41. The predicted molar refractivity (Wildman–Crippen MR) is 95.7 cm³/mol. The number of hydrogen-bond donors (Lipinski definition) is 1. The summed E-state index contributed by atoms with van der Waals surface area (Å²) >= 11 is 0. The van der Waals surface area contributed by atoms with E-state index in [-0.39, 0.29) is 16.9 Å². The first-order valence-corrected chi connectivity index (χ1v) is 7.88. The van der Waals surface area contributed by atoms with Crippen molar-refractivity contribution in [3.05, 3.63) is 61.1 Å². The number of carbonyl (C=O) groups excluding carboxylic acids is 2. The van der Waals surface area contributed by atoms with Gasteiger partial charge < -0.3 is 10.1 Å². The fourth-order valence-electron chi connectivity index (χ4n) is 2.37. The van der Waals surface area contributed by atoms with Crippen LogP contribution in [0.25, 0.3) is 0 Å². The Morgan fingerprint density at radius 1 is 1.30 bits per heavy atom. The van der Waals surface area contributed by atoms with Gasteiger partial charge in [0.1, 0.15) is 5.56 Å². The van der Waals surface area contributed by atoms with Crippen LogP contribution in [0.15, 0.2) is 23.0 Å². The van der Waals surface area contributed by atoms with Gasteiger partial charge in [0.25, 0.3) is 17.2 Å². The second-order valence-electron chi connectivity index (χ2n) is 5.90. The van der Waals surface area contributed by atoms with E-state index in [0.29, 0.717) is 16.8 Å².